The van der Waals surface area contributed by atoms with Gasteiger partial charge in [0, 0.05) is 18.8 Å². The maximum Gasteiger partial charge on any atom is 0.303 e. The van der Waals surface area contributed by atoms with Crippen molar-refractivity contribution in [1.29, 1.82) is 0 Å². The van der Waals surface area contributed by atoms with Crippen molar-refractivity contribution < 1.29 is 24.2 Å². The minimum absolute atomic E-state index is 0.0613. The fourth-order valence-corrected chi connectivity index (χ4v) is 8.06. The molecule has 0 unspecified atom stereocenters. The zero-order valence-corrected chi connectivity index (χ0v) is 18.3. The molecule has 7 atom stereocenters. The molecular formula is C24H34O5. The molecule has 0 bridgehead atoms. The van der Waals surface area contributed by atoms with E-state index < -0.39 is 22.6 Å². The van der Waals surface area contributed by atoms with E-state index in [4.69, 9.17) is 4.74 Å². The summed E-state index contributed by atoms with van der Waals surface area (Å²) in [7, 11) is 0. The fraction of sp³-hybridized carbons (Fsp3) is 0.792. The van der Waals surface area contributed by atoms with E-state index in [9.17, 15) is 19.5 Å². The van der Waals surface area contributed by atoms with E-state index in [0.29, 0.717) is 25.2 Å². The van der Waals surface area contributed by atoms with Crippen LogP contribution >= 0.6 is 0 Å². The topological polar surface area (TPSA) is 80.7 Å². The highest BCUT2D eigenvalue weighted by atomic mass is 16.6. The van der Waals surface area contributed by atoms with Crippen LogP contribution in [0.2, 0.25) is 0 Å². The molecule has 4 rings (SSSR count). The Bertz CT molecular complexity index is 810. The quantitative estimate of drug-likeness (QED) is 0.711. The molecule has 0 amide bonds. The number of ketones is 2. The molecule has 4 aliphatic rings. The third kappa shape index (κ3) is 2.65. The molecule has 5 nitrogen and oxygen atoms in total. The van der Waals surface area contributed by atoms with Crippen LogP contribution in [0.15, 0.2) is 11.6 Å². The van der Waals surface area contributed by atoms with Crippen molar-refractivity contribution in [2.75, 3.05) is 0 Å². The van der Waals surface area contributed by atoms with Crippen molar-refractivity contribution >= 4 is 17.5 Å². The summed E-state index contributed by atoms with van der Waals surface area (Å²) >= 11 is 0. The summed E-state index contributed by atoms with van der Waals surface area (Å²) in [5, 5.41) is 11.4. The van der Waals surface area contributed by atoms with Gasteiger partial charge in [-0.2, -0.15) is 0 Å². The van der Waals surface area contributed by atoms with Crippen LogP contribution in [0.4, 0.5) is 0 Å². The summed E-state index contributed by atoms with van der Waals surface area (Å²) in [5.74, 6) is 0.489. The van der Waals surface area contributed by atoms with Crippen molar-refractivity contribution in [3.63, 3.8) is 0 Å². The number of rotatable bonds is 2. The van der Waals surface area contributed by atoms with E-state index >= 15 is 0 Å². The van der Waals surface area contributed by atoms with Gasteiger partial charge in [0.1, 0.15) is 0 Å². The second-order valence-corrected chi connectivity index (χ2v) is 10.8. The summed E-state index contributed by atoms with van der Waals surface area (Å²) in [6, 6.07) is 0. The average Bonchev–Trinajstić information content (AvgIpc) is 2.90. The van der Waals surface area contributed by atoms with Crippen molar-refractivity contribution in [2.45, 2.75) is 90.8 Å². The number of fused-ring (bicyclic) bond motifs is 5. The molecule has 3 saturated carbocycles. The Balaban J connectivity index is 1.77. The number of ether oxygens (including phenoxy) is 1. The molecule has 0 radical (unpaired) electrons. The highest BCUT2D eigenvalue weighted by molar-refractivity contribution is 5.92. The molecule has 0 aromatic carbocycles. The molecule has 5 heteroatoms. The van der Waals surface area contributed by atoms with Gasteiger partial charge in [0.05, 0.1) is 5.60 Å². The van der Waals surface area contributed by atoms with E-state index in [1.54, 1.807) is 13.0 Å². The number of Topliss-reactive ketones (excluding diaryl/α,β-unsaturated/α-hetero) is 1. The summed E-state index contributed by atoms with van der Waals surface area (Å²) < 4.78 is 5.80. The van der Waals surface area contributed by atoms with Crippen molar-refractivity contribution in [3.8, 4) is 0 Å². The number of hydrogen-bond donors (Lipinski definition) is 1. The lowest BCUT2D eigenvalue weighted by molar-refractivity contribution is -0.190. The molecule has 0 heterocycles. The Kier molecular flexibility index (Phi) is 4.48. The number of hydrogen-bond acceptors (Lipinski definition) is 5. The Morgan fingerprint density at radius 1 is 1.07 bits per heavy atom. The van der Waals surface area contributed by atoms with Gasteiger partial charge in [-0.05, 0) is 87.2 Å². The third-order valence-corrected chi connectivity index (χ3v) is 9.29. The summed E-state index contributed by atoms with van der Waals surface area (Å²) in [6.07, 6.45) is 6.76. The summed E-state index contributed by atoms with van der Waals surface area (Å²) in [4.78, 5) is 36.9. The van der Waals surface area contributed by atoms with Gasteiger partial charge >= 0.3 is 5.97 Å². The van der Waals surface area contributed by atoms with E-state index in [1.807, 2.05) is 6.92 Å². The van der Waals surface area contributed by atoms with Gasteiger partial charge in [-0.3, -0.25) is 14.4 Å². The predicted molar refractivity (Wildman–Crippen MR) is 108 cm³/mol. The predicted octanol–water partition coefficient (Wildman–Crippen LogP) is 3.77. The number of aliphatic hydroxyl groups is 1. The van der Waals surface area contributed by atoms with Crippen LogP contribution in [0, 0.1) is 28.6 Å². The van der Waals surface area contributed by atoms with Crippen molar-refractivity contribution in [3.05, 3.63) is 11.6 Å². The van der Waals surface area contributed by atoms with E-state index in [2.05, 4.69) is 13.8 Å². The SMILES string of the molecule is CC(=O)O[C@]1(C(C)=O)CC[C@@H]2[C@@H]3C[C@@](C)(O)C4=CC(=O)CC[C@]4(C)[C@H]3CC[C@@]21C. The smallest absolute Gasteiger partial charge is 0.303 e. The second-order valence-electron chi connectivity index (χ2n) is 10.8. The Morgan fingerprint density at radius 3 is 2.34 bits per heavy atom. The van der Waals surface area contributed by atoms with Crippen molar-refractivity contribution in [1.82, 2.24) is 0 Å². The zero-order chi connectivity index (χ0) is 21.4. The summed E-state index contributed by atoms with van der Waals surface area (Å²) in [5.41, 5.74) is -1.77. The first kappa shape index (κ1) is 20.8. The highest BCUT2D eigenvalue weighted by Crippen LogP contribution is 2.69. The molecule has 0 aliphatic heterocycles. The second kappa shape index (κ2) is 6.26. The standard InChI is InChI=1S/C24H34O5/c1-14(25)24(29-15(2)26)11-8-19-17-13-23(5,28)20-12-16(27)6-9-21(20,3)18(17)7-10-22(19,24)4/h12,17-19,28H,6-11,13H2,1-5H3/t17-,18+,19-,21-,22+,23-,24+/m1/s1. The fourth-order valence-electron chi connectivity index (χ4n) is 8.06. The molecule has 160 valence electrons. The zero-order valence-electron chi connectivity index (χ0n) is 18.3. The maximum absolute atomic E-state index is 12.8. The molecule has 1 N–H and O–H groups in total. The largest absolute Gasteiger partial charge is 0.451 e. The van der Waals surface area contributed by atoms with E-state index in [1.165, 1.54) is 6.92 Å². The molecule has 0 spiro atoms. The van der Waals surface area contributed by atoms with Crippen LogP contribution in [0.5, 0.6) is 0 Å². The van der Waals surface area contributed by atoms with Crippen LogP contribution < -0.4 is 0 Å². The van der Waals surface area contributed by atoms with E-state index in [-0.39, 0.29) is 28.8 Å². The van der Waals surface area contributed by atoms with Gasteiger partial charge in [-0.25, -0.2) is 0 Å². The lowest BCUT2D eigenvalue weighted by atomic mass is 9.44. The molecule has 4 aliphatic carbocycles. The van der Waals surface area contributed by atoms with Gasteiger partial charge in [-0.15, -0.1) is 0 Å². The van der Waals surface area contributed by atoms with E-state index in [0.717, 1.165) is 31.3 Å². The Labute approximate surface area is 173 Å². The number of carbonyl (C=O) groups excluding carboxylic acids is 3. The van der Waals surface area contributed by atoms with Crippen LogP contribution in [0.3, 0.4) is 0 Å². The molecule has 0 aromatic heterocycles. The van der Waals surface area contributed by atoms with Gasteiger partial charge < -0.3 is 9.84 Å². The van der Waals surface area contributed by atoms with Crippen LogP contribution in [-0.4, -0.2) is 33.8 Å². The average molecular weight is 403 g/mol. The molecule has 29 heavy (non-hydrogen) atoms. The van der Waals surface area contributed by atoms with Crippen LogP contribution in [0.25, 0.3) is 0 Å². The van der Waals surface area contributed by atoms with Gasteiger partial charge in [-0.1, -0.05) is 13.8 Å². The normalized spacial score (nSPS) is 48.8. The molecule has 0 aromatic rings. The monoisotopic (exact) mass is 402 g/mol. The third-order valence-electron chi connectivity index (χ3n) is 9.29. The molecular weight excluding hydrogens is 368 g/mol. The number of esters is 1. The minimum atomic E-state index is -1.06. The van der Waals surface area contributed by atoms with Crippen molar-refractivity contribution in [2.24, 2.45) is 28.6 Å². The lowest BCUT2D eigenvalue weighted by Crippen LogP contribution is -2.61. The lowest BCUT2D eigenvalue weighted by Gasteiger charge is -2.62. The summed E-state index contributed by atoms with van der Waals surface area (Å²) in [6.45, 7) is 9.12. The molecule has 0 saturated heterocycles. The minimum Gasteiger partial charge on any atom is -0.451 e. The highest BCUT2D eigenvalue weighted by Gasteiger charge is 2.69. The Hall–Kier alpha value is -1.49. The van der Waals surface area contributed by atoms with Crippen LogP contribution in [0.1, 0.15) is 79.6 Å². The van der Waals surface area contributed by atoms with Gasteiger partial charge in [0.25, 0.3) is 0 Å². The molecule has 3 fully saturated rings. The first-order chi connectivity index (χ1) is 13.4. The Morgan fingerprint density at radius 2 is 1.72 bits per heavy atom. The maximum atomic E-state index is 12.8. The van der Waals surface area contributed by atoms with Gasteiger partial charge in [0.15, 0.2) is 17.2 Å². The van der Waals surface area contributed by atoms with Gasteiger partial charge in [0.2, 0.25) is 0 Å². The van der Waals surface area contributed by atoms with Crippen LogP contribution in [-0.2, 0) is 19.1 Å². The first-order valence-corrected chi connectivity index (χ1v) is 11.1. The number of carbonyl (C=O) groups is 3. The first-order valence-electron chi connectivity index (χ1n) is 11.1.